The van der Waals surface area contributed by atoms with Crippen LogP contribution in [0.5, 0.6) is 11.5 Å². The quantitative estimate of drug-likeness (QED) is 0.384. The van der Waals surface area contributed by atoms with Crippen molar-refractivity contribution in [2.45, 2.75) is 26.2 Å². The molecule has 1 N–H and O–H groups in total. The van der Waals surface area contributed by atoms with Gasteiger partial charge in [0.1, 0.15) is 0 Å². The molecule has 0 fully saturated rings. The Morgan fingerprint density at radius 2 is 2.04 bits per heavy atom. The summed E-state index contributed by atoms with van der Waals surface area (Å²) in [6, 6.07) is 3.07. The Balaban J connectivity index is 2.25. The van der Waals surface area contributed by atoms with E-state index in [1.165, 1.54) is 13.2 Å². The number of fused-ring (bicyclic) bond motifs is 1. The first-order valence-electron chi connectivity index (χ1n) is 8.24. The van der Waals surface area contributed by atoms with Crippen molar-refractivity contribution in [1.82, 2.24) is 0 Å². The second kappa shape index (κ2) is 9.49. The minimum atomic E-state index is -0.613. The summed E-state index contributed by atoms with van der Waals surface area (Å²) in [4.78, 5) is 24.0. The first-order valence-corrected chi connectivity index (χ1v) is 9.06. The van der Waals surface area contributed by atoms with Crippen LogP contribution in [0.4, 0.5) is 4.39 Å². The molecule has 1 aromatic heterocycles. The van der Waals surface area contributed by atoms with E-state index >= 15 is 0 Å². The SMILES string of the molecule is CCOC(=O)CCC(=O)c1cc2c(F)c(OCCCO)c(OC)cc2s1. The van der Waals surface area contributed by atoms with E-state index < -0.39 is 11.8 Å². The van der Waals surface area contributed by atoms with E-state index in [9.17, 15) is 14.0 Å². The second-order valence-corrected chi connectivity index (χ2v) is 6.48. The summed E-state index contributed by atoms with van der Waals surface area (Å²) in [5, 5.41) is 9.08. The zero-order valence-corrected chi connectivity index (χ0v) is 15.5. The number of carbonyl (C=O) groups excluding carboxylic acids is 2. The van der Waals surface area contributed by atoms with Crippen LogP contribution < -0.4 is 9.47 Å². The molecule has 1 aromatic carbocycles. The summed E-state index contributed by atoms with van der Waals surface area (Å²) >= 11 is 1.13. The molecule has 0 unspecified atom stereocenters. The zero-order chi connectivity index (χ0) is 19.1. The van der Waals surface area contributed by atoms with Gasteiger partial charge >= 0.3 is 5.97 Å². The van der Waals surface area contributed by atoms with E-state index in [1.54, 1.807) is 13.0 Å². The largest absolute Gasteiger partial charge is 0.493 e. The fraction of sp³-hybridized carbons (Fsp3) is 0.444. The van der Waals surface area contributed by atoms with Crippen LogP contribution in [-0.4, -0.2) is 43.8 Å². The predicted molar refractivity (Wildman–Crippen MR) is 95.7 cm³/mol. The van der Waals surface area contributed by atoms with Gasteiger partial charge in [-0.2, -0.15) is 0 Å². The lowest BCUT2D eigenvalue weighted by Crippen LogP contribution is -2.07. The van der Waals surface area contributed by atoms with Gasteiger partial charge in [-0.15, -0.1) is 11.3 Å². The van der Waals surface area contributed by atoms with Crippen molar-refractivity contribution in [3.05, 3.63) is 22.8 Å². The molecule has 0 amide bonds. The Hall–Kier alpha value is -2.19. The van der Waals surface area contributed by atoms with Crippen molar-refractivity contribution < 1.29 is 33.3 Å². The zero-order valence-electron chi connectivity index (χ0n) is 14.7. The minimum Gasteiger partial charge on any atom is -0.493 e. The Morgan fingerprint density at radius 3 is 2.69 bits per heavy atom. The average molecular weight is 384 g/mol. The van der Waals surface area contributed by atoms with E-state index in [4.69, 9.17) is 19.3 Å². The number of hydrogen-bond acceptors (Lipinski definition) is 7. The van der Waals surface area contributed by atoms with Gasteiger partial charge in [0.25, 0.3) is 0 Å². The van der Waals surface area contributed by atoms with Crippen molar-refractivity contribution in [1.29, 1.82) is 0 Å². The highest BCUT2D eigenvalue weighted by atomic mass is 32.1. The first kappa shape index (κ1) is 20.1. The van der Waals surface area contributed by atoms with Crippen LogP contribution in [0.15, 0.2) is 12.1 Å². The van der Waals surface area contributed by atoms with Gasteiger partial charge in [-0.05, 0) is 13.0 Å². The highest BCUT2D eigenvalue weighted by Crippen LogP contribution is 2.40. The molecule has 0 bridgehead atoms. The molecule has 2 aromatic rings. The minimum absolute atomic E-state index is 0.00423. The number of halogens is 1. The molecule has 0 spiro atoms. The molecule has 26 heavy (non-hydrogen) atoms. The van der Waals surface area contributed by atoms with Crippen LogP contribution in [0.25, 0.3) is 10.1 Å². The number of esters is 1. The molecule has 8 heteroatoms. The van der Waals surface area contributed by atoms with Crippen molar-refractivity contribution >= 4 is 33.2 Å². The van der Waals surface area contributed by atoms with Gasteiger partial charge in [-0.25, -0.2) is 4.39 Å². The Morgan fingerprint density at radius 1 is 1.27 bits per heavy atom. The molecule has 0 radical (unpaired) electrons. The van der Waals surface area contributed by atoms with Crippen molar-refractivity contribution in [3.8, 4) is 11.5 Å². The standard InChI is InChI=1S/C18H21FO6S/c1-3-24-16(22)6-5-12(21)15-9-11-14(26-15)10-13(23-2)18(17(11)19)25-8-4-7-20/h9-10,20H,3-8H2,1-2H3. The Labute approximate surface area is 154 Å². The van der Waals surface area contributed by atoms with Crippen LogP contribution in [0.3, 0.4) is 0 Å². The summed E-state index contributed by atoms with van der Waals surface area (Å²) in [5.41, 5.74) is 0. The third kappa shape index (κ3) is 4.70. The smallest absolute Gasteiger partial charge is 0.306 e. The van der Waals surface area contributed by atoms with Crippen molar-refractivity contribution in [3.63, 3.8) is 0 Å². The van der Waals surface area contributed by atoms with Gasteiger partial charge in [0.2, 0.25) is 0 Å². The van der Waals surface area contributed by atoms with E-state index in [1.807, 2.05) is 0 Å². The van der Waals surface area contributed by atoms with Crippen LogP contribution in [-0.2, 0) is 9.53 Å². The highest BCUT2D eigenvalue weighted by Gasteiger charge is 2.20. The van der Waals surface area contributed by atoms with Crippen LogP contribution >= 0.6 is 11.3 Å². The lowest BCUT2D eigenvalue weighted by Gasteiger charge is -2.11. The molecule has 0 saturated carbocycles. The summed E-state index contributed by atoms with van der Waals surface area (Å²) in [7, 11) is 1.40. The summed E-state index contributed by atoms with van der Waals surface area (Å²) in [5.74, 6) is -1.12. The number of thiophene rings is 1. The number of benzene rings is 1. The number of hydrogen-bond donors (Lipinski definition) is 1. The molecular weight excluding hydrogens is 363 g/mol. The predicted octanol–water partition coefficient (Wildman–Crippen LogP) is 3.34. The van der Waals surface area contributed by atoms with Gasteiger partial charge in [0.05, 0.1) is 31.6 Å². The van der Waals surface area contributed by atoms with Gasteiger partial charge < -0.3 is 19.3 Å². The normalized spacial score (nSPS) is 10.8. The summed E-state index contributed by atoms with van der Waals surface area (Å²) < 4.78 is 30.7. The van der Waals surface area contributed by atoms with Crippen LogP contribution in [0.1, 0.15) is 35.9 Å². The monoisotopic (exact) mass is 384 g/mol. The number of aliphatic hydroxyl groups excluding tert-OH is 1. The number of ketones is 1. The van der Waals surface area contributed by atoms with Gasteiger partial charge in [0, 0.05) is 35.6 Å². The van der Waals surface area contributed by atoms with E-state index in [-0.39, 0.29) is 55.3 Å². The number of methoxy groups -OCH3 is 1. The molecule has 2 rings (SSSR count). The second-order valence-electron chi connectivity index (χ2n) is 5.40. The van der Waals surface area contributed by atoms with E-state index in [2.05, 4.69) is 0 Å². The van der Waals surface area contributed by atoms with Gasteiger partial charge in [-0.3, -0.25) is 9.59 Å². The Kier molecular flexibility index (Phi) is 7.35. The topological polar surface area (TPSA) is 82.1 Å². The van der Waals surface area contributed by atoms with E-state index in [0.717, 1.165) is 11.3 Å². The molecule has 0 aliphatic carbocycles. The fourth-order valence-electron chi connectivity index (χ4n) is 2.33. The molecule has 6 nitrogen and oxygen atoms in total. The number of rotatable bonds is 10. The lowest BCUT2D eigenvalue weighted by atomic mass is 10.1. The Bertz CT molecular complexity index is 786. The summed E-state index contributed by atoms with van der Waals surface area (Å²) in [6.07, 6.45) is 0.356. The maximum absolute atomic E-state index is 14.8. The van der Waals surface area contributed by atoms with Gasteiger partial charge in [0.15, 0.2) is 23.1 Å². The average Bonchev–Trinajstić information content (AvgIpc) is 3.06. The maximum atomic E-state index is 14.8. The third-order valence-corrected chi connectivity index (χ3v) is 4.71. The van der Waals surface area contributed by atoms with Crippen molar-refractivity contribution in [2.24, 2.45) is 0 Å². The lowest BCUT2D eigenvalue weighted by molar-refractivity contribution is -0.143. The molecule has 0 atom stereocenters. The summed E-state index contributed by atoms with van der Waals surface area (Å²) in [6.45, 7) is 2.04. The molecule has 0 aliphatic rings. The number of ether oxygens (including phenoxy) is 3. The van der Waals surface area contributed by atoms with Crippen LogP contribution in [0, 0.1) is 5.82 Å². The molecule has 142 valence electrons. The molecule has 0 saturated heterocycles. The highest BCUT2D eigenvalue weighted by molar-refractivity contribution is 7.20. The van der Waals surface area contributed by atoms with Gasteiger partial charge in [-0.1, -0.05) is 0 Å². The van der Waals surface area contributed by atoms with Crippen LogP contribution in [0.2, 0.25) is 0 Å². The molecule has 1 heterocycles. The van der Waals surface area contributed by atoms with Crippen molar-refractivity contribution in [2.75, 3.05) is 26.9 Å². The third-order valence-electron chi connectivity index (χ3n) is 3.59. The number of carbonyl (C=O) groups is 2. The number of aliphatic hydroxyl groups is 1. The first-order chi connectivity index (χ1) is 12.5. The number of Topliss-reactive ketones (excluding diaryl/α,β-unsaturated/α-hetero) is 1. The molecular formula is C18H21FO6S. The fourth-order valence-corrected chi connectivity index (χ4v) is 3.39. The van der Waals surface area contributed by atoms with E-state index in [0.29, 0.717) is 16.0 Å². The molecule has 0 aliphatic heterocycles. The maximum Gasteiger partial charge on any atom is 0.306 e.